The molecule has 2 rings (SSSR count). The van der Waals surface area contributed by atoms with E-state index in [1.807, 2.05) is 0 Å². The summed E-state index contributed by atoms with van der Waals surface area (Å²) in [7, 11) is 0. The summed E-state index contributed by atoms with van der Waals surface area (Å²) in [6.45, 7) is 0. The zero-order valence-electron chi connectivity index (χ0n) is 10.3. The van der Waals surface area contributed by atoms with Crippen LogP contribution in [0.3, 0.4) is 0 Å². The summed E-state index contributed by atoms with van der Waals surface area (Å²) < 4.78 is 30.4. The fourth-order valence-electron chi connectivity index (χ4n) is 1.14. The van der Waals surface area contributed by atoms with Gasteiger partial charge in [0.25, 0.3) is 0 Å². The summed E-state index contributed by atoms with van der Waals surface area (Å²) in [4.78, 5) is 13.2. The van der Waals surface area contributed by atoms with Gasteiger partial charge in [0.2, 0.25) is 0 Å². The van der Waals surface area contributed by atoms with Crippen molar-refractivity contribution in [3.63, 3.8) is 0 Å². The second kappa shape index (κ2) is 2.81. The molecule has 1 aromatic heterocycles. The molecule has 0 aliphatic carbocycles. The second-order valence-corrected chi connectivity index (χ2v) is 2.43. The van der Waals surface area contributed by atoms with E-state index in [-0.39, 0.29) is 30.6 Å². The Morgan fingerprint density at radius 1 is 1.50 bits per heavy atom. The van der Waals surface area contributed by atoms with Crippen molar-refractivity contribution in [2.24, 2.45) is 0 Å². The van der Waals surface area contributed by atoms with Crippen LogP contribution in [0.25, 0.3) is 10.9 Å². The van der Waals surface area contributed by atoms with Crippen molar-refractivity contribution in [1.82, 2.24) is 4.98 Å². The Hall–Kier alpha value is -1.57. The van der Waals surface area contributed by atoms with Gasteiger partial charge in [-0.05, 0) is 11.6 Å². The number of carbonyl (C=O) groups excluding carboxylic acids is 1. The van der Waals surface area contributed by atoms with Gasteiger partial charge in [-0.1, -0.05) is 18.1 Å². The number of aromatic amines is 1. The lowest BCUT2D eigenvalue weighted by atomic mass is 10.1. The molecule has 60 valence electrons. The van der Waals surface area contributed by atoms with E-state index in [1.165, 1.54) is 0 Å². The van der Waals surface area contributed by atoms with Crippen LogP contribution in [0, 0.1) is 0 Å². The molecule has 1 heterocycles. The van der Waals surface area contributed by atoms with E-state index in [1.54, 1.807) is 6.20 Å². The summed E-state index contributed by atoms with van der Waals surface area (Å²) in [5.74, 6) is 0. The molecule has 0 saturated carbocycles. The minimum absolute atomic E-state index is 0.103. The molecule has 0 fully saturated rings. The number of hydrogen-bond acceptors (Lipinski definition) is 1. The van der Waals surface area contributed by atoms with Crippen molar-refractivity contribution in [2.45, 2.75) is 6.42 Å². The van der Waals surface area contributed by atoms with Crippen LogP contribution in [0.1, 0.15) is 11.0 Å². The number of hydrogen-bond donors (Lipinski definition) is 1. The zero-order chi connectivity index (χ0) is 11.9. The molecule has 2 heteroatoms. The summed E-state index contributed by atoms with van der Waals surface area (Å²) in [6, 6.07) is -0.747. The third kappa shape index (κ3) is 1.01. The van der Waals surface area contributed by atoms with Crippen LogP contribution < -0.4 is 0 Å². The van der Waals surface area contributed by atoms with Crippen molar-refractivity contribution < 1.29 is 10.3 Å². The monoisotopic (exact) mass is 163 g/mol. The Morgan fingerprint density at radius 2 is 2.33 bits per heavy atom. The van der Waals surface area contributed by atoms with Gasteiger partial charge in [-0.25, -0.2) is 0 Å². The second-order valence-electron chi connectivity index (χ2n) is 2.43. The molecular formula is C10H9NO. The maximum atomic E-state index is 10.5. The van der Waals surface area contributed by atoms with Gasteiger partial charge in [0.1, 0.15) is 6.29 Å². The number of carbonyl (C=O) groups is 1. The summed E-state index contributed by atoms with van der Waals surface area (Å²) in [6.07, 6.45) is 2.40. The number of aromatic nitrogens is 1. The molecule has 0 spiro atoms. The Kier molecular flexibility index (Phi) is 0.914. The molecule has 0 amide bonds. The van der Waals surface area contributed by atoms with E-state index in [0.717, 1.165) is 0 Å². The van der Waals surface area contributed by atoms with Gasteiger partial charge in [-0.2, -0.15) is 0 Å². The lowest BCUT2D eigenvalue weighted by Crippen LogP contribution is -1.81. The molecule has 12 heavy (non-hydrogen) atoms. The molecule has 0 atom stereocenters. The number of H-pyrrole nitrogens is 1. The normalized spacial score (nSPS) is 15.0. The quantitative estimate of drug-likeness (QED) is 0.674. The van der Waals surface area contributed by atoms with Crippen molar-refractivity contribution in [3.8, 4) is 0 Å². The zero-order valence-corrected chi connectivity index (χ0v) is 6.27. The largest absolute Gasteiger partial charge is 0.361 e. The van der Waals surface area contributed by atoms with Crippen molar-refractivity contribution in [3.05, 3.63) is 35.9 Å². The molecular weight excluding hydrogens is 150 g/mol. The standard InChI is InChI=1S/C10H9NO/c12-6-5-8-7-11-10-4-2-1-3-9(8)10/h1-4,6-7,11H,5H2/i1D,2D,3D,4D. The van der Waals surface area contributed by atoms with E-state index in [2.05, 4.69) is 4.98 Å². The molecule has 0 aliphatic heterocycles. The van der Waals surface area contributed by atoms with Crippen LogP contribution in [0.5, 0.6) is 0 Å². The fraction of sp³-hybridized carbons (Fsp3) is 0.100. The van der Waals surface area contributed by atoms with Crippen LogP contribution in [-0.4, -0.2) is 11.3 Å². The van der Waals surface area contributed by atoms with Gasteiger partial charge in [0, 0.05) is 23.5 Å². The number of fused-ring (bicyclic) bond motifs is 1. The first-order valence-corrected chi connectivity index (χ1v) is 3.57. The van der Waals surface area contributed by atoms with E-state index in [4.69, 9.17) is 5.48 Å². The van der Waals surface area contributed by atoms with Crippen molar-refractivity contribution >= 4 is 17.2 Å². The first kappa shape index (κ1) is 3.90. The smallest absolute Gasteiger partial charge is 0.124 e. The van der Waals surface area contributed by atoms with Crippen LogP contribution in [-0.2, 0) is 11.2 Å². The highest BCUT2D eigenvalue weighted by Crippen LogP contribution is 2.16. The molecule has 0 radical (unpaired) electrons. The summed E-state index contributed by atoms with van der Waals surface area (Å²) >= 11 is 0. The molecule has 0 bridgehead atoms. The predicted molar refractivity (Wildman–Crippen MR) is 48.1 cm³/mol. The summed E-state index contributed by atoms with van der Waals surface area (Å²) in [5, 5.41) is 0.401. The van der Waals surface area contributed by atoms with Gasteiger partial charge in [-0.3, -0.25) is 0 Å². The third-order valence-corrected chi connectivity index (χ3v) is 1.70. The van der Waals surface area contributed by atoms with Crippen LogP contribution in [0.4, 0.5) is 0 Å². The molecule has 1 aromatic carbocycles. The van der Waals surface area contributed by atoms with Crippen LogP contribution in [0.2, 0.25) is 0 Å². The highest BCUT2D eigenvalue weighted by molar-refractivity contribution is 5.84. The molecule has 0 unspecified atom stereocenters. The highest BCUT2D eigenvalue weighted by atomic mass is 16.1. The van der Waals surface area contributed by atoms with Crippen LogP contribution in [0.15, 0.2) is 30.4 Å². The minimum atomic E-state index is -0.274. The maximum Gasteiger partial charge on any atom is 0.124 e. The lowest BCUT2D eigenvalue weighted by Gasteiger charge is -1.90. The summed E-state index contributed by atoms with van der Waals surface area (Å²) in [5.41, 5.74) is 0.944. The van der Waals surface area contributed by atoms with Gasteiger partial charge < -0.3 is 9.78 Å². The predicted octanol–water partition coefficient (Wildman–Crippen LogP) is 1.91. The van der Waals surface area contributed by atoms with E-state index in [0.29, 0.717) is 22.8 Å². The Bertz CT molecular complexity index is 576. The lowest BCUT2D eigenvalue weighted by molar-refractivity contribution is -0.107. The number of rotatable bonds is 2. The molecule has 0 saturated heterocycles. The third-order valence-electron chi connectivity index (χ3n) is 1.70. The van der Waals surface area contributed by atoms with Crippen molar-refractivity contribution in [1.29, 1.82) is 0 Å². The van der Waals surface area contributed by atoms with Crippen molar-refractivity contribution in [2.75, 3.05) is 0 Å². The van der Waals surface area contributed by atoms with E-state index < -0.39 is 0 Å². The molecule has 0 aliphatic rings. The number of nitrogens with one attached hydrogen (secondary N) is 1. The number of para-hydroxylation sites is 1. The van der Waals surface area contributed by atoms with Gasteiger partial charge >= 0.3 is 0 Å². The fourth-order valence-corrected chi connectivity index (χ4v) is 1.14. The van der Waals surface area contributed by atoms with Crippen LogP contribution >= 0.6 is 0 Å². The Balaban J connectivity index is 2.88. The highest BCUT2D eigenvalue weighted by Gasteiger charge is 2.00. The number of benzene rings is 1. The first-order chi connectivity index (χ1) is 7.57. The maximum absolute atomic E-state index is 10.5. The van der Waals surface area contributed by atoms with Gasteiger partial charge in [0.05, 0.1) is 5.48 Å². The van der Waals surface area contributed by atoms with E-state index in [9.17, 15) is 4.79 Å². The van der Waals surface area contributed by atoms with Gasteiger partial charge in [0.15, 0.2) is 0 Å². The van der Waals surface area contributed by atoms with E-state index >= 15 is 0 Å². The first-order valence-electron chi connectivity index (χ1n) is 5.57. The Labute approximate surface area is 75.8 Å². The SMILES string of the molecule is [2H]c1c([2H])c([2H])c2c(CC=O)c[nH]c2c1[2H]. The topological polar surface area (TPSA) is 32.9 Å². The minimum Gasteiger partial charge on any atom is -0.361 e. The Morgan fingerprint density at radius 3 is 3.17 bits per heavy atom. The molecule has 2 aromatic rings. The van der Waals surface area contributed by atoms with Gasteiger partial charge in [-0.15, -0.1) is 0 Å². The molecule has 1 N–H and O–H groups in total. The number of aldehydes is 1. The molecule has 2 nitrogen and oxygen atoms in total. The average molecular weight is 163 g/mol. The average Bonchev–Trinajstić information content (AvgIpc) is 2.68.